The first-order valence-electron chi connectivity index (χ1n) is 8.70. The summed E-state index contributed by atoms with van der Waals surface area (Å²) in [7, 11) is 1.89. The molecule has 3 rings (SSSR count). The summed E-state index contributed by atoms with van der Waals surface area (Å²) in [6.45, 7) is 5.01. The number of hydrogen-bond donors (Lipinski definition) is 1. The molecular formula is C19H26N2O3. The van der Waals surface area contributed by atoms with Crippen LogP contribution in [0.3, 0.4) is 0 Å². The van der Waals surface area contributed by atoms with E-state index in [4.69, 9.17) is 4.74 Å². The molecule has 24 heavy (non-hydrogen) atoms. The monoisotopic (exact) mass is 330 g/mol. The van der Waals surface area contributed by atoms with Crippen LogP contribution in [0, 0.1) is 19.8 Å². The van der Waals surface area contributed by atoms with Crippen LogP contribution in [0.5, 0.6) is 0 Å². The van der Waals surface area contributed by atoms with Crippen molar-refractivity contribution in [2.45, 2.75) is 45.1 Å². The third-order valence-corrected chi connectivity index (χ3v) is 5.64. The number of cyclic esters (lactones) is 1. The molecule has 1 atom stereocenters. The lowest BCUT2D eigenvalue weighted by Crippen LogP contribution is -2.48. The number of amides is 2. The van der Waals surface area contributed by atoms with Gasteiger partial charge in [-0.1, -0.05) is 18.2 Å². The minimum absolute atomic E-state index is 0.116. The molecule has 2 fully saturated rings. The van der Waals surface area contributed by atoms with Crippen molar-refractivity contribution >= 4 is 12.0 Å². The van der Waals surface area contributed by atoms with Crippen LogP contribution in [0.1, 0.15) is 41.9 Å². The first-order chi connectivity index (χ1) is 11.5. The molecule has 0 radical (unpaired) electrons. The van der Waals surface area contributed by atoms with Crippen LogP contribution in [-0.2, 0) is 9.53 Å². The van der Waals surface area contributed by atoms with Crippen LogP contribution in [0.25, 0.3) is 0 Å². The number of carbonyl (C=O) groups is 2. The van der Waals surface area contributed by atoms with Gasteiger partial charge in [-0.25, -0.2) is 4.79 Å². The molecule has 2 amide bonds. The zero-order valence-corrected chi connectivity index (χ0v) is 14.7. The van der Waals surface area contributed by atoms with Gasteiger partial charge in [0.05, 0.1) is 12.5 Å². The van der Waals surface area contributed by atoms with E-state index in [-0.39, 0.29) is 11.8 Å². The van der Waals surface area contributed by atoms with Crippen molar-refractivity contribution in [1.82, 2.24) is 10.2 Å². The molecule has 0 aromatic heterocycles. The second-order valence-electron chi connectivity index (χ2n) is 7.06. The van der Waals surface area contributed by atoms with Gasteiger partial charge in [-0.05, 0) is 55.7 Å². The zero-order valence-electron chi connectivity index (χ0n) is 14.7. The Morgan fingerprint density at radius 3 is 2.79 bits per heavy atom. The highest BCUT2D eigenvalue weighted by atomic mass is 16.5. The lowest BCUT2D eigenvalue weighted by molar-refractivity contribution is -0.138. The Hall–Kier alpha value is -2.04. The highest BCUT2D eigenvalue weighted by Gasteiger charge is 2.37. The summed E-state index contributed by atoms with van der Waals surface area (Å²) >= 11 is 0. The van der Waals surface area contributed by atoms with Crippen molar-refractivity contribution in [3.63, 3.8) is 0 Å². The Morgan fingerprint density at radius 1 is 1.29 bits per heavy atom. The molecule has 5 heteroatoms. The van der Waals surface area contributed by atoms with Gasteiger partial charge in [-0.2, -0.15) is 0 Å². The number of nitrogens with one attached hydrogen (secondary N) is 1. The largest absolute Gasteiger partial charge is 0.450 e. The Labute approximate surface area is 143 Å². The van der Waals surface area contributed by atoms with Gasteiger partial charge in [0.15, 0.2) is 0 Å². The van der Waals surface area contributed by atoms with Crippen molar-refractivity contribution in [3.05, 3.63) is 34.9 Å². The molecular weight excluding hydrogens is 304 g/mol. The molecule has 1 N–H and O–H groups in total. The van der Waals surface area contributed by atoms with E-state index in [9.17, 15) is 9.59 Å². The maximum absolute atomic E-state index is 12.7. The Morgan fingerprint density at radius 2 is 2.04 bits per heavy atom. The van der Waals surface area contributed by atoms with Gasteiger partial charge in [0, 0.05) is 19.6 Å². The number of benzene rings is 1. The second kappa shape index (κ2) is 6.83. The summed E-state index contributed by atoms with van der Waals surface area (Å²) in [5, 5.41) is 2.64. The summed E-state index contributed by atoms with van der Waals surface area (Å²) in [5.41, 5.74) is 4.12. The topological polar surface area (TPSA) is 58.6 Å². The van der Waals surface area contributed by atoms with Gasteiger partial charge in [0.25, 0.3) is 0 Å². The molecule has 5 nitrogen and oxygen atoms in total. The van der Waals surface area contributed by atoms with E-state index in [1.54, 1.807) is 0 Å². The molecule has 0 bridgehead atoms. The first-order valence-corrected chi connectivity index (χ1v) is 8.70. The van der Waals surface area contributed by atoms with E-state index < -0.39 is 6.09 Å². The third-order valence-electron chi connectivity index (χ3n) is 5.64. The second-order valence-corrected chi connectivity index (χ2v) is 7.06. The van der Waals surface area contributed by atoms with Gasteiger partial charge in [-0.3, -0.25) is 4.79 Å². The van der Waals surface area contributed by atoms with Crippen LogP contribution in [-0.4, -0.2) is 43.1 Å². The molecule has 0 spiro atoms. The molecule has 1 aliphatic heterocycles. The average molecular weight is 330 g/mol. The maximum Gasteiger partial charge on any atom is 0.407 e. The van der Waals surface area contributed by atoms with E-state index in [1.165, 1.54) is 16.7 Å². The van der Waals surface area contributed by atoms with Gasteiger partial charge < -0.3 is 15.0 Å². The molecule has 1 aliphatic carbocycles. The summed E-state index contributed by atoms with van der Waals surface area (Å²) < 4.78 is 4.94. The fourth-order valence-electron chi connectivity index (χ4n) is 3.71. The van der Waals surface area contributed by atoms with Crippen LogP contribution < -0.4 is 5.32 Å². The molecule has 1 heterocycles. The van der Waals surface area contributed by atoms with E-state index >= 15 is 0 Å². The maximum atomic E-state index is 12.7. The first kappa shape index (κ1) is 16.8. The van der Waals surface area contributed by atoms with Gasteiger partial charge in [-0.15, -0.1) is 0 Å². The highest BCUT2D eigenvalue weighted by molar-refractivity contribution is 5.80. The van der Waals surface area contributed by atoms with Crippen LogP contribution >= 0.6 is 0 Å². The molecule has 2 aliphatic rings. The van der Waals surface area contributed by atoms with Crippen molar-refractivity contribution in [2.24, 2.45) is 5.92 Å². The fourth-order valence-corrected chi connectivity index (χ4v) is 3.71. The van der Waals surface area contributed by atoms with Crippen molar-refractivity contribution < 1.29 is 14.3 Å². The lowest BCUT2D eigenvalue weighted by atomic mass is 9.73. The van der Waals surface area contributed by atoms with E-state index in [0.29, 0.717) is 31.5 Å². The predicted octanol–water partition coefficient (Wildman–Crippen LogP) is 2.75. The average Bonchev–Trinajstić information content (AvgIpc) is 2.74. The van der Waals surface area contributed by atoms with Gasteiger partial charge in [0.2, 0.25) is 5.91 Å². The molecule has 1 aromatic rings. The van der Waals surface area contributed by atoms with Crippen LogP contribution in [0.4, 0.5) is 4.79 Å². The standard InChI is InChI=1S/C19H26N2O3/c1-12-5-4-6-17(13(12)2)15-9-16(10-15)21(3)18(22)14-7-8-24-19(23)20-11-14/h4-6,14-16H,7-11H2,1-3H3,(H,20,23)/t14-,15-,16-/m1/s1. The molecule has 1 saturated heterocycles. The lowest BCUT2D eigenvalue weighted by Gasteiger charge is -2.43. The number of rotatable bonds is 3. The molecule has 130 valence electrons. The van der Waals surface area contributed by atoms with E-state index in [1.807, 2.05) is 11.9 Å². The number of nitrogens with zero attached hydrogens (tertiary/aromatic N) is 1. The van der Waals surface area contributed by atoms with Crippen molar-refractivity contribution in [1.29, 1.82) is 0 Å². The molecule has 0 unspecified atom stereocenters. The fraction of sp³-hybridized carbons (Fsp3) is 0.579. The quantitative estimate of drug-likeness (QED) is 0.927. The van der Waals surface area contributed by atoms with Gasteiger partial charge in [0.1, 0.15) is 0 Å². The van der Waals surface area contributed by atoms with E-state index in [0.717, 1.165) is 12.8 Å². The summed E-state index contributed by atoms with van der Waals surface area (Å²) in [6, 6.07) is 6.77. The van der Waals surface area contributed by atoms with Crippen molar-refractivity contribution in [2.75, 3.05) is 20.2 Å². The summed E-state index contributed by atoms with van der Waals surface area (Å²) in [5.74, 6) is 0.480. The number of aryl methyl sites for hydroxylation is 1. The third kappa shape index (κ3) is 3.25. The zero-order chi connectivity index (χ0) is 17.3. The minimum atomic E-state index is -0.424. The number of hydrogen-bond acceptors (Lipinski definition) is 3. The van der Waals surface area contributed by atoms with Crippen LogP contribution in [0.15, 0.2) is 18.2 Å². The highest BCUT2D eigenvalue weighted by Crippen LogP contribution is 2.41. The summed E-state index contributed by atoms with van der Waals surface area (Å²) in [6.07, 6.45) is 2.20. The number of alkyl carbamates (subject to hydrolysis) is 1. The normalized spacial score (nSPS) is 26.6. The minimum Gasteiger partial charge on any atom is -0.450 e. The number of carbonyl (C=O) groups excluding carboxylic acids is 2. The van der Waals surface area contributed by atoms with Gasteiger partial charge >= 0.3 is 6.09 Å². The SMILES string of the molecule is Cc1cccc([C@H]2C[C@H](N(C)C(=O)[C@@H]3CCOC(=O)NC3)C2)c1C. The van der Waals surface area contributed by atoms with Crippen molar-refractivity contribution in [3.8, 4) is 0 Å². The Balaban J connectivity index is 1.58. The van der Waals surface area contributed by atoms with Crippen LogP contribution in [0.2, 0.25) is 0 Å². The Bertz CT molecular complexity index is 637. The summed E-state index contributed by atoms with van der Waals surface area (Å²) in [4.78, 5) is 25.8. The smallest absolute Gasteiger partial charge is 0.407 e. The predicted molar refractivity (Wildman–Crippen MR) is 91.9 cm³/mol. The molecule has 1 saturated carbocycles. The van der Waals surface area contributed by atoms with E-state index in [2.05, 4.69) is 37.4 Å². The Kier molecular flexibility index (Phi) is 4.78. The number of ether oxygens (including phenoxy) is 1. The molecule has 1 aromatic carbocycles.